The fraction of sp³-hybridized carbons (Fsp3) is 0.158. The number of aryl methyl sites for hydroxylation is 1. The summed E-state index contributed by atoms with van der Waals surface area (Å²) in [5, 5.41) is 2.27. The van der Waals surface area contributed by atoms with Gasteiger partial charge in [0, 0.05) is 22.5 Å². The number of furan rings is 1. The van der Waals surface area contributed by atoms with E-state index in [2.05, 4.69) is 11.1 Å². The van der Waals surface area contributed by atoms with Crippen LogP contribution in [0.2, 0.25) is 5.15 Å². The highest BCUT2D eigenvalue weighted by atomic mass is 35.5. The van der Waals surface area contributed by atoms with E-state index in [1.807, 2.05) is 37.3 Å². The van der Waals surface area contributed by atoms with Gasteiger partial charge in [0.2, 0.25) is 0 Å². The maximum atomic E-state index is 12.8. The molecule has 0 fully saturated rings. The number of carbonyl (C=O) groups is 1. The van der Waals surface area contributed by atoms with E-state index in [9.17, 15) is 4.79 Å². The average molecular weight is 371 g/mol. The predicted molar refractivity (Wildman–Crippen MR) is 101 cm³/mol. The van der Waals surface area contributed by atoms with Gasteiger partial charge in [-0.15, -0.1) is 11.3 Å². The SMILES string of the molecule is Cc1ccc2nc(Cl)c3cc(C(=O)N(C)Cc4ccco4)sc3c2c1. The van der Waals surface area contributed by atoms with Crippen molar-refractivity contribution in [3.05, 3.63) is 64.0 Å². The van der Waals surface area contributed by atoms with E-state index in [1.54, 1.807) is 18.2 Å². The Hall–Kier alpha value is -2.37. The zero-order chi connectivity index (χ0) is 17.6. The second kappa shape index (κ2) is 6.17. The highest BCUT2D eigenvalue weighted by Gasteiger charge is 2.19. The van der Waals surface area contributed by atoms with Crippen LogP contribution in [-0.2, 0) is 6.54 Å². The van der Waals surface area contributed by atoms with Gasteiger partial charge in [0.15, 0.2) is 0 Å². The summed E-state index contributed by atoms with van der Waals surface area (Å²) in [6.07, 6.45) is 1.60. The number of hydrogen-bond acceptors (Lipinski definition) is 4. The molecule has 6 heteroatoms. The third-order valence-electron chi connectivity index (χ3n) is 4.10. The number of thiophene rings is 1. The van der Waals surface area contributed by atoms with Gasteiger partial charge in [-0.2, -0.15) is 0 Å². The van der Waals surface area contributed by atoms with Crippen LogP contribution in [0, 0.1) is 6.92 Å². The summed E-state index contributed by atoms with van der Waals surface area (Å²) in [4.78, 5) is 19.5. The van der Waals surface area contributed by atoms with Crippen molar-refractivity contribution in [2.75, 3.05) is 7.05 Å². The van der Waals surface area contributed by atoms with Gasteiger partial charge in [-0.25, -0.2) is 4.98 Å². The first-order valence-corrected chi connectivity index (χ1v) is 8.99. The molecule has 0 N–H and O–H groups in total. The van der Waals surface area contributed by atoms with Gasteiger partial charge < -0.3 is 9.32 Å². The summed E-state index contributed by atoms with van der Waals surface area (Å²) < 4.78 is 6.31. The van der Waals surface area contributed by atoms with Gasteiger partial charge in [-0.1, -0.05) is 23.2 Å². The van der Waals surface area contributed by atoms with E-state index in [0.29, 0.717) is 16.6 Å². The molecule has 4 nitrogen and oxygen atoms in total. The molecule has 0 saturated heterocycles. The minimum absolute atomic E-state index is 0.0607. The first kappa shape index (κ1) is 16.1. The Kier molecular flexibility index (Phi) is 3.98. The second-order valence-corrected chi connectivity index (χ2v) is 7.43. The Balaban J connectivity index is 1.77. The van der Waals surface area contributed by atoms with Crippen molar-refractivity contribution in [3.63, 3.8) is 0 Å². The van der Waals surface area contributed by atoms with Crippen molar-refractivity contribution in [2.24, 2.45) is 0 Å². The van der Waals surface area contributed by atoms with Crippen LogP contribution in [-0.4, -0.2) is 22.8 Å². The molecule has 0 radical (unpaired) electrons. The van der Waals surface area contributed by atoms with E-state index in [4.69, 9.17) is 16.0 Å². The van der Waals surface area contributed by atoms with Crippen molar-refractivity contribution in [1.82, 2.24) is 9.88 Å². The average Bonchev–Trinajstić information content (AvgIpc) is 3.25. The number of pyridine rings is 1. The molecule has 1 amide bonds. The molecule has 3 heterocycles. The standard InChI is InChI=1S/C19H15ClN2O2S/c1-11-5-6-15-13(8-11)17-14(18(20)21-15)9-16(25-17)19(23)22(2)10-12-4-3-7-24-12/h3-9H,10H2,1-2H3. The summed E-state index contributed by atoms with van der Waals surface area (Å²) in [6.45, 7) is 2.46. The molecule has 0 atom stereocenters. The lowest BCUT2D eigenvalue weighted by molar-refractivity contribution is 0.0780. The number of benzene rings is 1. The van der Waals surface area contributed by atoms with E-state index >= 15 is 0 Å². The fourth-order valence-electron chi connectivity index (χ4n) is 2.84. The molecule has 0 aliphatic rings. The van der Waals surface area contributed by atoms with Crippen LogP contribution in [0.5, 0.6) is 0 Å². The quantitative estimate of drug-likeness (QED) is 0.461. The minimum Gasteiger partial charge on any atom is -0.467 e. The number of rotatable bonds is 3. The van der Waals surface area contributed by atoms with Gasteiger partial charge >= 0.3 is 0 Å². The van der Waals surface area contributed by atoms with Crippen LogP contribution in [0.25, 0.3) is 21.0 Å². The Bertz CT molecular complexity index is 1090. The summed E-state index contributed by atoms with van der Waals surface area (Å²) in [7, 11) is 1.76. The lowest BCUT2D eigenvalue weighted by Gasteiger charge is -2.14. The smallest absolute Gasteiger partial charge is 0.264 e. The molecule has 3 aromatic heterocycles. The van der Waals surface area contributed by atoms with E-state index in [-0.39, 0.29) is 5.91 Å². The highest BCUT2D eigenvalue weighted by molar-refractivity contribution is 7.21. The summed E-state index contributed by atoms with van der Waals surface area (Å²) in [6, 6.07) is 11.5. The lowest BCUT2D eigenvalue weighted by atomic mass is 10.1. The van der Waals surface area contributed by atoms with Crippen molar-refractivity contribution in [2.45, 2.75) is 13.5 Å². The first-order chi connectivity index (χ1) is 12.0. The minimum atomic E-state index is -0.0607. The zero-order valence-corrected chi connectivity index (χ0v) is 15.3. The Morgan fingerprint density at radius 1 is 1.28 bits per heavy atom. The molecular formula is C19H15ClN2O2S. The number of nitrogens with zero attached hydrogens (tertiary/aromatic N) is 2. The monoisotopic (exact) mass is 370 g/mol. The molecular weight excluding hydrogens is 356 g/mol. The molecule has 25 heavy (non-hydrogen) atoms. The van der Waals surface area contributed by atoms with E-state index in [1.165, 1.54) is 11.3 Å². The van der Waals surface area contributed by atoms with Crippen LogP contribution in [0.3, 0.4) is 0 Å². The van der Waals surface area contributed by atoms with Crippen LogP contribution in [0.1, 0.15) is 21.0 Å². The third kappa shape index (κ3) is 2.90. The Morgan fingerprint density at radius 2 is 2.12 bits per heavy atom. The van der Waals surface area contributed by atoms with E-state index in [0.717, 1.165) is 32.3 Å². The molecule has 0 unspecified atom stereocenters. The molecule has 4 rings (SSSR count). The van der Waals surface area contributed by atoms with Gasteiger partial charge in [-0.3, -0.25) is 4.79 Å². The highest BCUT2D eigenvalue weighted by Crippen LogP contribution is 2.36. The van der Waals surface area contributed by atoms with Crippen LogP contribution < -0.4 is 0 Å². The van der Waals surface area contributed by atoms with Gasteiger partial charge in [0.1, 0.15) is 10.9 Å². The molecule has 1 aromatic carbocycles. The summed E-state index contributed by atoms with van der Waals surface area (Å²) >= 11 is 7.80. The van der Waals surface area contributed by atoms with Crippen molar-refractivity contribution >= 4 is 49.8 Å². The molecule has 126 valence electrons. The molecule has 4 aromatic rings. The van der Waals surface area contributed by atoms with Crippen molar-refractivity contribution in [1.29, 1.82) is 0 Å². The zero-order valence-electron chi connectivity index (χ0n) is 13.7. The molecule has 0 aliphatic carbocycles. The lowest BCUT2D eigenvalue weighted by Crippen LogP contribution is -2.25. The van der Waals surface area contributed by atoms with Crippen molar-refractivity contribution in [3.8, 4) is 0 Å². The molecule has 0 aliphatic heterocycles. The maximum Gasteiger partial charge on any atom is 0.264 e. The fourth-order valence-corrected chi connectivity index (χ4v) is 4.32. The summed E-state index contributed by atoms with van der Waals surface area (Å²) in [5.74, 6) is 0.687. The van der Waals surface area contributed by atoms with Crippen molar-refractivity contribution < 1.29 is 9.21 Å². The van der Waals surface area contributed by atoms with Crippen LogP contribution in [0.4, 0.5) is 0 Å². The third-order valence-corrected chi connectivity index (χ3v) is 5.54. The van der Waals surface area contributed by atoms with Crippen LogP contribution in [0.15, 0.2) is 47.1 Å². The summed E-state index contributed by atoms with van der Waals surface area (Å²) in [5.41, 5.74) is 1.99. The number of fused-ring (bicyclic) bond motifs is 3. The number of carbonyl (C=O) groups excluding carboxylic acids is 1. The predicted octanol–water partition coefficient (Wildman–Crippen LogP) is 5.28. The first-order valence-electron chi connectivity index (χ1n) is 7.80. The Labute approximate surface area is 153 Å². The molecule has 0 bridgehead atoms. The molecule has 0 spiro atoms. The maximum absolute atomic E-state index is 12.8. The number of halogens is 1. The Morgan fingerprint density at radius 3 is 2.88 bits per heavy atom. The van der Waals surface area contributed by atoms with Gasteiger partial charge in [0.05, 0.1) is 23.2 Å². The van der Waals surface area contributed by atoms with E-state index < -0.39 is 0 Å². The second-order valence-electron chi connectivity index (χ2n) is 6.02. The van der Waals surface area contributed by atoms with Gasteiger partial charge in [-0.05, 0) is 37.3 Å². The number of hydrogen-bond donors (Lipinski definition) is 0. The van der Waals surface area contributed by atoms with Crippen LogP contribution >= 0.6 is 22.9 Å². The number of aromatic nitrogens is 1. The topological polar surface area (TPSA) is 46.3 Å². The van der Waals surface area contributed by atoms with Gasteiger partial charge in [0.25, 0.3) is 5.91 Å². The largest absolute Gasteiger partial charge is 0.467 e. The number of amides is 1. The normalized spacial score (nSPS) is 11.3. The molecule has 0 saturated carbocycles.